The second kappa shape index (κ2) is 9.36. The lowest BCUT2D eigenvalue weighted by molar-refractivity contribution is -0.0451. The normalized spacial score (nSPS) is 18.8. The van der Waals surface area contributed by atoms with Gasteiger partial charge in [-0.2, -0.15) is 0 Å². The summed E-state index contributed by atoms with van der Waals surface area (Å²) in [6, 6.07) is 0.548. The molecule has 0 spiro atoms. The van der Waals surface area contributed by atoms with Crippen LogP contribution in [0.15, 0.2) is 0 Å². The van der Waals surface area contributed by atoms with Crippen LogP contribution in [0.5, 0.6) is 0 Å². The first-order chi connectivity index (χ1) is 10.7. The van der Waals surface area contributed by atoms with Crippen LogP contribution in [0, 0.1) is 0 Å². The fraction of sp³-hybridized carbons (Fsp3) is 1.00. The van der Waals surface area contributed by atoms with Gasteiger partial charge in [-0.1, -0.05) is 20.8 Å². The third kappa shape index (κ3) is 7.97. The van der Waals surface area contributed by atoms with E-state index < -0.39 is 0 Å². The highest BCUT2D eigenvalue weighted by Crippen LogP contribution is 2.23. The van der Waals surface area contributed by atoms with Crippen molar-refractivity contribution in [3.63, 3.8) is 0 Å². The second-order valence-corrected chi connectivity index (χ2v) is 8.45. The van der Waals surface area contributed by atoms with Crippen molar-refractivity contribution >= 4 is 0 Å². The van der Waals surface area contributed by atoms with Gasteiger partial charge in [0.2, 0.25) is 0 Å². The number of nitrogens with one attached hydrogen (secondary N) is 1. The SMILES string of the molecule is CCN1CCN(C(C)(C)CCOC(C)(C)CCNC(C)C)CC1. The molecule has 0 unspecified atom stereocenters. The van der Waals surface area contributed by atoms with Gasteiger partial charge < -0.3 is 15.0 Å². The topological polar surface area (TPSA) is 27.7 Å². The summed E-state index contributed by atoms with van der Waals surface area (Å²) >= 11 is 0. The van der Waals surface area contributed by atoms with E-state index in [0.29, 0.717) is 6.04 Å². The van der Waals surface area contributed by atoms with E-state index >= 15 is 0 Å². The van der Waals surface area contributed by atoms with Crippen molar-refractivity contribution in [3.05, 3.63) is 0 Å². The molecule has 0 atom stereocenters. The summed E-state index contributed by atoms with van der Waals surface area (Å²) in [5, 5.41) is 3.48. The summed E-state index contributed by atoms with van der Waals surface area (Å²) in [6.45, 7) is 23.6. The maximum absolute atomic E-state index is 6.20. The van der Waals surface area contributed by atoms with Crippen LogP contribution < -0.4 is 5.32 Å². The van der Waals surface area contributed by atoms with E-state index in [1.54, 1.807) is 0 Å². The average molecular weight is 328 g/mol. The molecule has 4 nitrogen and oxygen atoms in total. The maximum Gasteiger partial charge on any atom is 0.0638 e. The van der Waals surface area contributed by atoms with Crippen molar-refractivity contribution in [1.29, 1.82) is 0 Å². The van der Waals surface area contributed by atoms with Crippen LogP contribution >= 0.6 is 0 Å². The van der Waals surface area contributed by atoms with Gasteiger partial charge in [-0.3, -0.25) is 4.90 Å². The average Bonchev–Trinajstić information content (AvgIpc) is 2.46. The van der Waals surface area contributed by atoms with Gasteiger partial charge in [0.1, 0.15) is 0 Å². The first kappa shape index (κ1) is 20.9. The molecule has 0 radical (unpaired) electrons. The number of nitrogens with zero attached hydrogens (tertiary/aromatic N) is 2. The van der Waals surface area contributed by atoms with Crippen molar-refractivity contribution in [2.45, 2.75) is 78.5 Å². The van der Waals surface area contributed by atoms with Crippen LogP contribution in [0.25, 0.3) is 0 Å². The van der Waals surface area contributed by atoms with Crippen molar-refractivity contribution in [2.75, 3.05) is 45.9 Å². The number of likely N-dealkylation sites (N-methyl/N-ethyl adjacent to an activating group) is 1. The Morgan fingerprint density at radius 2 is 1.61 bits per heavy atom. The van der Waals surface area contributed by atoms with Crippen molar-refractivity contribution in [1.82, 2.24) is 15.1 Å². The van der Waals surface area contributed by atoms with Crippen LogP contribution in [0.2, 0.25) is 0 Å². The van der Waals surface area contributed by atoms with Crippen LogP contribution in [-0.4, -0.2) is 72.9 Å². The lowest BCUT2D eigenvalue weighted by Crippen LogP contribution is -2.55. The molecule has 0 aromatic heterocycles. The smallest absolute Gasteiger partial charge is 0.0638 e. The monoisotopic (exact) mass is 327 g/mol. The molecule has 138 valence electrons. The minimum atomic E-state index is -0.0428. The third-order valence-electron chi connectivity index (χ3n) is 5.16. The number of piperazine rings is 1. The summed E-state index contributed by atoms with van der Waals surface area (Å²) in [5.41, 5.74) is 0.185. The molecule has 0 amide bonds. The van der Waals surface area contributed by atoms with Crippen LogP contribution in [0.4, 0.5) is 0 Å². The van der Waals surface area contributed by atoms with Crippen LogP contribution in [0.1, 0.15) is 61.3 Å². The van der Waals surface area contributed by atoms with Gasteiger partial charge in [0.25, 0.3) is 0 Å². The fourth-order valence-corrected chi connectivity index (χ4v) is 3.14. The van der Waals surface area contributed by atoms with Crippen molar-refractivity contribution < 1.29 is 4.74 Å². The van der Waals surface area contributed by atoms with E-state index in [9.17, 15) is 0 Å². The number of rotatable bonds is 10. The van der Waals surface area contributed by atoms with Gasteiger partial charge in [-0.15, -0.1) is 0 Å². The lowest BCUT2D eigenvalue weighted by atomic mass is 9.97. The Bertz CT molecular complexity index is 321. The highest BCUT2D eigenvalue weighted by molar-refractivity contribution is 4.86. The molecule has 1 heterocycles. The number of hydrogen-bond acceptors (Lipinski definition) is 4. The van der Waals surface area contributed by atoms with E-state index in [4.69, 9.17) is 4.74 Å². The van der Waals surface area contributed by atoms with E-state index in [0.717, 1.165) is 26.0 Å². The molecule has 1 rings (SSSR count). The molecule has 0 aliphatic carbocycles. The van der Waals surface area contributed by atoms with Crippen LogP contribution in [-0.2, 0) is 4.74 Å². The van der Waals surface area contributed by atoms with Crippen molar-refractivity contribution in [3.8, 4) is 0 Å². The number of hydrogen-bond donors (Lipinski definition) is 1. The van der Waals surface area contributed by atoms with Crippen LogP contribution in [0.3, 0.4) is 0 Å². The van der Waals surface area contributed by atoms with Gasteiger partial charge in [0, 0.05) is 44.4 Å². The predicted octanol–water partition coefficient (Wildman–Crippen LogP) is 2.98. The molecule has 4 heteroatoms. The Kier molecular flexibility index (Phi) is 8.50. The Labute approximate surface area is 144 Å². The molecule has 1 aliphatic rings. The second-order valence-electron chi connectivity index (χ2n) is 8.45. The standard InChI is InChI=1S/C19H41N3O/c1-8-21-12-14-22(15-13-21)18(4,5)10-16-23-19(6,7)9-11-20-17(2)3/h17,20H,8-16H2,1-7H3. The molecular formula is C19H41N3O. The van der Waals surface area contributed by atoms with Crippen molar-refractivity contribution in [2.24, 2.45) is 0 Å². The molecule has 1 saturated heterocycles. The fourth-order valence-electron chi connectivity index (χ4n) is 3.14. The molecular weight excluding hydrogens is 286 g/mol. The molecule has 1 aliphatic heterocycles. The molecule has 1 N–H and O–H groups in total. The minimum Gasteiger partial charge on any atom is -0.375 e. The third-order valence-corrected chi connectivity index (χ3v) is 5.16. The highest BCUT2D eigenvalue weighted by Gasteiger charge is 2.30. The minimum absolute atomic E-state index is 0.0428. The lowest BCUT2D eigenvalue weighted by Gasteiger charge is -2.44. The first-order valence-corrected chi connectivity index (χ1v) is 9.51. The summed E-state index contributed by atoms with van der Waals surface area (Å²) in [4.78, 5) is 5.17. The van der Waals surface area contributed by atoms with Gasteiger partial charge in [-0.25, -0.2) is 0 Å². The molecule has 0 aromatic carbocycles. The van der Waals surface area contributed by atoms with E-state index in [1.165, 1.54) is 32.7 Å². The predicted molar refractivity (Wildman–Crippen MR) is 100 cm³/mol. The van der Waals surface area contributed by atoms with E-state index in [1.807, 2.05) is 0 Å². The zero-order valence-corrected chi connectivity index (χ0v) is 16.7. The highest BCUT2D eigenvalue weighted by atomic mass is 16.5. The first-order valence-electron chi connectivity index (χ1n) is 9.51. The Morgan fingerprint density at radius 3 is 2.13 bits per heavy atom. The maximum atomic E-state index is 6.20. The van der Waals surface area contributed by atoms with Gasteiger partial charge in [-0.05, 0) is 53.6 Å². The number of ether oxygens (including phenoxy) is 1. The molecule has 1 fully saturated rings. The summed E-state index contributed by atoms with van der Waals surface area (Å²) < 4.78 is 6.20. The summed E-state index contributed by atoms with van der Waals surface area (Å²) in [6.07, 6.45) is 2.15. The van der Waals surface area contributed by atoms with Gasteiger partial charge >= 0.3 is 0 Å². The largest absolute Gasteiger partial charge is 0.375 e. The Hall–Kier alpha value is -0.160. The van der Waals surface area contributed by atoms with Gasteiger partial charge in [0.15, 0.2) is 0 Å². The molecule has 0 bridgehead atoms. The summed E-state index contributed by atoms with van der Waals surface area (Å²) in [5.74, 6) is 0. The molecule has 23 heavy (non-hydrogen) atoms. The zero-order chi connectivity index (χ0) is 17.5. The zero-order valence-electron chi connectivity index (χ0n) is 16.7. The quantitative estimate of drug-likeness (QED) is 0.667. The Balaban J connectivity index is 2.29. The molecule has 0 saturated carbocycles. The Morgan fingerprint density at radius 1 is 1.00 bits per heavy atom. The summed E-state index contributed by atoms with van der Waals surface area (Å²) in [7, 11) is 0. The molecule has 0 aromatic rings. The van der Waals surface area contributed by atoms with E-state index in [2.05, 4.69) is 63.6 Å². The van der Waals surface area contributed by atoms with E-state index in [-0.39, 0.29) is 11.1 Å². The van der Waals surface area contributed by atoms with Gasteiger partial charge in [0.05, 0.1) is 5.60 Å².